The van der Waals surface area contributed by atoms with E-state index in [4.69, 9.17) is 23.4 Å². The highest BCUT2D eigenvalue weighted by Gasteiger charge is 2.41. The first kappa shape index (κ1) is 35.2. The van der Waals surface area contributed by atoms with Crippen LogP contribution in [0.25, 0.3) is 0 Å². The molecule has 0 spiro atoms. The summed E-state index contributed by atoms with van der Waals surface area (Å²) in [5.41, 5.74) is 2.48. The number of aryl methyl sites for hydroxylation is 1. The van der Waals surface area contributed by atoms with Crippen molar-refractivity contribution in [1.29, 1.82) is 0 Å². The van der Waals surface area contributed by atoms with E-state index in [1.807, 2.05) is 30.0 Å². The fourth-order valence-corrected chi connectivity index (χ4v) is 6.81. The zero-order valence-corrected chi connectivity index (χ0v) is 29.3. The highest BCUT2D eigenvalue weighted by Crippen LogP contribution is 2.33. The molecular weight excluding hydrogens is 644 g/mol. The lowest BCUT2D eigenvalue weighted by Gasteiger charge is -2.40. The Bertz CT molecular complexity index is 1700. The molecule has 3 aromatic rings. The van der Waals surface area contributed by atoms with Crippen molar-refractivity contribution in [2.45, 2.75) is 96.9 Å². The van der Waals surface area contributed by atoms with Crippen molar-refractivity contribution >= 4 is 17.9 Å². The zero-order chi connectivity index (χ0) is 35.6. The van der Waals surface area contributed by atoms with E-state index in [2.05, 4.69) is 10.3 Å². The van der Waals surface area contributed by atoms with Crippen molar-refractivity contribution < 1.29 is 42.9 Å². The van der Waals surface area contributed by atoms with Gasteiger partial charge in [0.15, 0.2) is 12.2 Å². The van der Waals surface area contributed by atoms with Gasteiger partial charge in [-0.2, -0.15) is 0 Å². The number of aliphatic hydroxyl groups excluding tert-OH is 1. The molecule has 3 aliphatic heterocycles. The van der Waals surface area contributed by atoms with E-state index in [1.54, 1.807) is 45.9 Å². The van der Waals surface area contributed by atoms with Gasteiger partial charge in [0.25, 0.3) is 11.8 Å². The molecule has 50 heavy (non-hydrogen) atoms. The van der Waals surface area contributed by atoms with Crippen molar-refractivity contribution in [3.8, 4) is 11.5 Å². The van der Waals surface area contributed by atoms with Gasteiger partial charge in [-0.15, -0.1) is 0 Å². The van der Waals surface area contributed by atoms with Crippen molar-refractivity contribution in [3.05, 3.63) is 76.5 Å². The number of nitrogens with one attached hydrogen (secondary N) is 1. The number of benzene rings is 2. The van der Waals surface area contributed by atoms with Crippen LogP contribution >= 0.6 is 0 Å². The average molecular weight is 691 g/mol. The number of nitrogens with zero attached hydrogens (tertiary/aromatic N) is 3. The van der Waals surface area contributed by atoms with Crippen LogP contribution in [0, 0.1) is 6.92 Å². The number of carbonyl (C=O) groups is 3. The monoisotopic (exact) mass is 690 g/mol. The molecule has 268 valence electrons. The van der Waals surface area contributed by atoms with Crippen LogP contribution in [0.5, 0.6) is 11.5 Å². The average Bonchev–Trinajstić information content (AvgIpc) is 3.61. The van der Waals surface area contributed by atoms with Crippen LogP contribution in [0.3, 0.4) is 0 Å². The second-order valence-corrected chi connectivity index (χ2v) is 14.0. The topological polar surface area (TPSA) is 153 Å². The SMILES string of the molecule is CCOc1cc(C(=O)N2C3CCC2COC3)ccc1C(=O)NC[C@@H](O)[C@@H]1Cc2ccc(OCc3ocnc3C)cc2CN1C(=O)OC(C)(C)C. The number of amides is 3. The number of hydrogen-bond acceptors (Lipinski definition) is 10. The first-order valence-corrected chi connectivity index (χ1v) is 17.2. The Morgan fingerprint density at radius 2 is 1.82 bits per heavy atom. The molecule has 2 saturated heterocycles. The summed E-state index contributed by atoms with van der Waals surface area (Å²) < 4.78 is 28.5. The summed E-state index contributed by atoms with van der Waals surface area (Å²) in [5.74, 6) is 0.935. The molecule has 3 aliphatic rings. The second-order valence-electron chi connectivity index (χ2n) is 14.0. The number of oxazole rings is 1. The van der Waals surface area contributed by atoms with Crippen LogP contribution in [-0.2, 0) is 29.0 Å². The van der Waals surface area contributed by atoms with Gasteiger partial charge in [-0.05, 0) is 95.3 Å². The molecule has 0 radical (unpaired) electrons. The standard InChI is InChI=1S/C37H46N4O9/c1-6-47-32-15-24(35(44)41-26-9-10-27(41)19-46-18-26)8-12-29(32)34(43)38-16-31(42)30-14-23-7-11-28(48-20-33-22(2)39-21-49-33)13-25(23)17-40(30)36(45)50-37(3,4)5/h7-8,11-13,15,21,26-27,30-31,42H,6,9-10,14,16-20H2,1-5H3,(H,38,43)/t26?,27?,30-,31+/m0/s1. The van der Waals surface area contributed by atoms with Crippen molar-refractivity contribution in [3.63, 3.8) is 0 Å². The summed E-state index contributed by atoms with van der Waals surface area (Å²) in [5, 5.41) is 14.3. The van der Waals surface area contributed by atoms with Crippen molar-refractivity contribution in [2.24, 2.45) is 0 Å². The Morgan fingerprint density at radius 3 is 2.50 bits per heavy atom. The third-order valence-corrected chi connectivity index (χ3v) is 9.35. The third kappa shape index (κ3) is 7.73. The van der Waals surface area contributed by atoms with Crippen LogP contribution in [0.15, 0.2) is 47.2 Å². The largest absolute Gasteiger partial charge is 0.493 e. The fourth-order valence-electron chi connectivity index (χ4n) is 6.81. The van der Waals surface area contributed by atoms with E-state index in [9.17, 15) is 19.5 Å². The molecule has 2 fully saturated rings. The summed E-state index contributed by atoms with van der Waals surface area (Å²) in [6.07, 6.45) is 1.83. The molecule has 0 saturated carbocycles. The number of rotatable bonds is 10. The van der Waals surface area contributed by atoms with E-state index in [0.717, 1.165) is 29.7 Å². The fraction of sp³-hybridized carbons (Fsp3) is 0.514. The molecule has 1 aromatic heterocycles. The maximum absolute atomic E-state index is 13.5. The lowest BCUT2D eigenvalue weighted by Crippen LogP contribution is -2.54. The first-order chi connectivity index (χ1) is 23.9. The van der Waals surface area contributed by atoms with Crippen LogP contribution in [0.4, 0.5) is 4.79 Å². The molecular formula is C37H46N4O9. The predicted molar refractivity (Wildman–Crippen MR) is 181 cm³/mol. The number of ether oxygens (including phenoxy) is 4. The number of aromatic nitrogens is 1. The molecule has 6 rings (SSSR count). The summed E-state index contributed by atoms with van der Waals surface area (Å²) in [7, 11) is 0. The Labute approximate surface area is 291 Å². The van der Waals surface area contributed by atoms with E-state index in [-0.39, 0.29) is 49.0 Å². The van der Waals surface area contributed by atoms with Gasteiger partial charge in [0, 0.05) is 18.7 Å². The molecule has 4 atom stereocenters. The van der Waals surface area contributed by atoms with Gasteiger partial charge in [0.1, 0.15) is 23.7 Å². The zero-order valence-electron chi connectivity index (χ0n) is 29.3. The lowest BCUT2D eigenvalue weighted by molar-refractivity contribution is -0.0113. The second kappa shape index (κ2) is 14.7. The smallest absolute Gasteiger partial charge is 0.410 e. The van der Waals surface area contributed by atoms with Crippen molar-refractivity contribution in [1.82, 2.24) is 20.1 Å². The Kier molecular flexibility index (Phi) is 10.4. The third-order valence-electron chi connectivity index (χ3n) is 9.35. The number of morpholine rings is 1. The highest BCUT2D eigenvalue weighted by atomic mass is 16.6. The molecule has 2 aromatic carbocycles. The van der Waals surface area contributed by atoms with Gasteiger partial charge >= 0.3 is 6.09 Å². The summed E-state index contributed by atoms with van der Waals surface area (Å²) in [6, 6.07) is 9.88. The van der Waals surface area contributed by atoms with E-state index < -0.39 is 29.7 Å². The molecule has 2 bridgehead atoms. The van der Waals surface area contributed by atoms with Gasteiger partial charge in [-0.3, -0.25) is 14.5 Å². The maximum Gasteiger partial charge on any atom is 0.410 e. The molecule has 3 amide bonds. The molecule has 2 unspecified atom stereocenters. The normalized spacial score (nSPS) is 20.6. The summed E-state index contributed by atoms with van der Waals surface area (Å²) >= 11 is 0. The van der Waals surface area contributed by atoms with Gasteiger partial charge < -0.3 is 38.7 Å². The number of hydrogen-bond donors (Lipinski definition) is 2. The quantitative estimate of drug-likeness (QED) is 0.313. The lowest BCUT2D eigenvalue weighted by atomic mass is 9.91. The Hall–Kier alpha value is -4.62. The van der Waals surface area contributed by atoms with E-state index in [1.165, 1.54) is 11.3 Å². The van der Waals surface area contributed by atoms with Gasteiger partial charge in [0.05, 0.1) is 55.3 Å². The minimum atomic E-state index is -1.13. The van der Waals surface area contributed by atoms with Crippen LogP contribution < -0.4 is 14.8 Å². The highest BCUT2D eigenvalue weighted by molar-refractivity contribution is 6.00. The maximum atomic E-state index is 13.5. The van der Waals surface area contributed by atoms with Gasteiger partial charge in [-0.1, -0.05) is 6.07 Å². The van der Waals surface area contributed by atoms with Gasteiger partial charge in [0.2, 0.25) is 0 Å². The Morgan fingerprint density at radius 1 is 1.06 bits per heavy atom. The van der Waals surface area contributed by atoms with Crippen LogP contribution in [0.2, 0.25) is 0 Å². The molecule has 2 N–H and O–H groups in total. The van der Waals surface area contributed by atoms with Crippen LogP contribution in [-0.4, -0.2) is 94.0 Å². The molecule has 0 aliphatic carbocycles. The number of aliphatic hydroxyl groups is 1. The minimum Gasteiger partial charge on any atom is -0.493 e. The Balaban J connectivity index is 1.15. The molecule has 13 nitrogen and oxygen atoms in total. The summed E-state index contributed by atoms with van der Waals surface area (Å²) in [4.78, 5) is 47.9. The van der Waals surface area contributed by atoms with E-state index in [0.29, 0.717) is 43.3 Å². The van der Waals surface area contributed by atoms with E-state index >= 15 is 0 Å². The van der Waals surface area contributed by atoms with Gasteiger partial charge in [-0.25, -0.2) is 9.78 Å². The van der Waals surface area contributed by atoms with Crippen LogP contribution in [0.1, 0.15) is 83.8 Å². The first-order valence-electron chi connectivity index (χ1n) is 17.2. The number of carbonyl (C=O) groups excluding carboxylic acids is 3. The molecule has 13 heteroatoms. The predicted octanol–water partition coefficient (Wildman–Crippen LogP) is 4.42. The molecule has 4 heterocycles. The summed E-state index contributed by atoms with van der Waals surface area (Å²) in [6.45, 7) is 10.6. The van der Waals surface area contributed by atoms with Crippen molar-refractivity contribution in [2.75, 3.05) is 26.4 Å². The minimum absolute atomic E-state index is 0.0538. The number of fused-ring (bicyclic) bond motifs is 3.